The quantitative estimate of drug-likeness (QED) is 0.419. The lowest BCUT2D eigenvalue weighted by molar-refractivity contribution is 0.0994. The van der Waals surface area contributed by atoms with Crippen molar-refractivity contribution in [3.05, 3.63) is 52.8 Å². The van der Waals surface area contributed by atoms with Gasteiger partial charge in [0.2, 0.25) is 5.88 Å². The van der Waals surface area contributed by atoms with Gasteiger partial charge in [0.1, 0.15) is 0 Å². The fourth-order valence-corrected chi connectivity index (χ4v) is 6.46. The predicted octanol–water partition coefficient (Wildman–Crippen LogP) is 6.29. The molecule has 1 saturated carbocycles. The standard InChI is InChI=1S/C25H28BrN5O2/c1-24(2)10-18-11-25(3,13-24)14-30(18)15-31-20-7-6-17(26)9-19(20)21(23(31)33)28-29-22(32)16-5-4-8-27-12-16/h4-9,12,18,33H,10-11,13-15H2,1-3H3/t18-,25-/m0/s1. The molecule has 0 unspecified atom stereocenters. The number of nitrogens with zero attached hydrogens (tertiary/aromatic N) is 5. The Morgan fingerprint density at radius 2 is 2.09 bits per heavy atom. The van der Waals surface area contributed by atoms with Crippen molar-refractivity contribution >= 4 is 38.4 Å². The van der Waals surface area contributed by atoms with Crippen LogP contribution >= 0.6 is 15.9 Å². The van der Waals surface area contributed by atoms with Crippen LogP contribution in [-0.4, -0.2) is 38.1 Å². The Balaban J connectivity index is 1.50. The van der Waals surface area contributed by atoms with Crippen LogP contribution in [0.25, 0.3) is 10.9 Å². The second-order valence-electron chi connectivity index (χ2n) is 10.6. The summed E-state index contributed by atoms with van der Waals surface area (Å²) >= 11 is 3.51. The SMILES string of the molecule is CC1(C)C[C@H]2C[C@](C)(CN2Cn2c(O)c(N=NC(=O)c3cccnc3)c3cc(Br)ccc32)C1. The lowest BCUT2D eigenvalue weighted by Crippen LogP contribution is -2.35. The average Bonchev–Trinajstić information content (AvgIpc) is 3.15. The molecule has 2 bridgehead atoms. The summed E-state index contributed by atoms with van der Waals surface area (Å²) in [6.45, 7) is 8.69. The molecule has 1 amide bonds. The zero-order valence-corrected chi connectivity index (χ0v) is 20.7. The first-order valence-electron chi connectivity index (χ1n) is 11.3. The number of amides is 1. The molecule has 2 fully saturated rings. The molecule has 3 heterocycles. The van der Waals surface area contributed by atoms with E-state index in [-0.39, 0.29) is 5.88 Å². The molecule has 1 saturated heterocycles. The topological polar surface area (TPSA) is 83.1 Å². The van der Waals surface area contributed by atoms with Gasteiger partial charge >= 0.3 is 0 Å². The number of benzene rings is 1. The van der Waals surface area contributed by atoms with Crippen LogP contribution in [0.3, 0.4) is 0 Å². The Bertz CT molecular complexity index is 1250. The molecule has 8 heteroatoms. The molecule has 33 heavy (non-hydrogen) atoms. The molecular formula is C25H28BrN5O2. The molecule has 0 spiro atoms. The van der Waals surface area contributed by atoms with Crippen LogP contribution in [0.5, 0.6) is 5.88 Å². The number of rotatable bonds is 4. The Kier molecular flexibility index (Phi) is 5.40. The number of carbonyl (C=O) groups excluding carboxylic acids is 1. The summed E-state index contributed by atoms with van der Waals surface area (Å²) in [4.78, 5) is 18.9. The van der Waals surface area contributed by atoms with Crippen LogP contribution in [-0.2, 0) is 6.67 Å². The fraction of sp³-hybridized carbons (Fsp3) is 0.440. The minimum Gasteiger partial charge on any atom is -0.493 e. The van der Waals surface area contributed by atoms with E-state index in [0.717, 1.165) is 28.3 Å². The fourth-order valence-electron chi connectivity index (χ4n) is 6.10. The summed E-state index contributed by atoms with van der Waals surface area (Å²) in [6.07, 6.45) is 6.61. The van der Waals surface area contributed by atoms with E-state index in [9.17, 15) is 9.90 Å². The van der Waals surface area contributed by atoms with Crippen molar-refractivity contribution in [1.82, 2.24) is 14.5 Å². The van der Waals surface area contributed by atoms with Crippen molar-refractivity contribution < 1.29 is 9.90 Å². The number of carbonyl (C=O) groups is 1. The number of azo groups is 1. The molecule has 1 aliphatic carbocycles. The molecule has 1 N–H and O–H groups in total. The number of pyridine rings is 1. The second kappa shape index (κ2) is 8.02. The number of hydrogen-bond donors (Lipinski definition) is 1. The van der Waals surface area contributed by atoms with E-state index in [1.54, 1.807) is 18.3 Å². The average molecular weight is 510 g/mol. The maximum atomic E-state index is 12.4. The van der Waals surface area contributed by atoms with Gasteiger partial charge < -0.3 is 5.11 Å². The molecule has 2 aromatic heterocycles. The van der Waals surface area contributed by atoms with Crippen LogP contribution in [0, 0.1) is 10.8 Å². The first-order chi connectivity index (χ1) is 15.6. The summed E-state index contributed by atoms with van der Waals surface area (Å²) in [7, 11) is 0. The Hall–Kier alpha value is -2.58. The summed E-state index contributed by atoms with van der Waals surface area (Å²) in [6, 6.07) is 9.63. The van der Waals surface area contributed by atoms with Gasteiger partial charge in [-0.25, -0.2) is 0 Å². The van der Waals surface area contributed by atoms with Gasteiger partial charge in [0.25, 0.3) is 5.91 Å². The second-order valence-corrected chi connectivity index (χ2v) is 11.5. The highest BCUT2D eigenvalue weighted by atomic mass is 79.9. The molecule has 1 aromatic carbocycles. The molecule has 7 nitrogen and oxygen atoms in total. The highest BCUT2D eigenvalue weighted by Gasteiger charge is 2.49. The zero-order valence-electron chi connectivity index (χ0n) is 19.1. The highest BCUT2D eigenvalue weighted by Crippen LogP contribution is 2.53. The molecule has 2 atom stereocenters. The van der Waals surface area contributed by atoms with Gasteiger partial charge in [-0.1, -0.05) is 36.7 Å². The predicted molar refractivity (Wildman–Crippen MR) is 131 cm³/mol. The number of hydrogen-bond acceptors (Lipinski definition) is 5. The van der Waals surface area contributed by atoms with Gasteiger partial charge in [-0.05, 0) is 60.4 Å². The van der Waals surface area contributed by atoms with E-state index in [1.807, 2.05) is 22.8 Å². The van der Waals surface area contributed by atoms with Crippen molar-refractivity contribution in [3.63, 3.8) is 0 Å². The molecular weight excluding hydrogens is 482 g/mol. The molecule has 0 radical (unpaired) electrons. The van der Waals surface area contributed by atoms with Crippen molar-refractivity contribution in [2.75, 3.05) is 6.54 Å². The van der Waals surface area contributed by atoms with E-state index in [1.165, 1.54) is 19.0 Å². The van der Waals surface area contributed by atoms with Crippen molar-refractivity contribution in [1.29, 1.82) is 0 Å². The molecule has 2 aliphatic rings. The summed E-state index contributed by atoms with van der Waals surface area (Å²) < 4.78 is 2.76. The third-order valence-electron chi connectivity index (χ3n) is 6.97. The first kappa shape index (κ1) is 22.2. The Labute approximate surface area is 201 Å². The number of fused-ring (bicyclic) bond motifs is 3. The van der Waals surface area contributed by atoms with E-state index < -0.39 is 5.91 Å². The van der Waals surface area contributed by atoms with Crippen molar-refractivity contribution in [3.8, 4) is 5.88 Å². The van der Waals surface area contributed by atoms with Crippen LogP contribution in [0.1, 0.15) is 50.4 Å². The van der Waals surface area contributed by atoms with E-state index in [4.69, 9.17) is 0 Å². The maximum Gasteiger partial charge on any atom is 0.296 e. The lowest BCUT2D eigenvalue weighted by atomic mass is 9.65. The van der Waals surface area contributed by atoms with Crippen LogP contribution in [0.15, 0.2) is 57.4 Å². The van der Waals surface area contributed by atoms with Gasteiger partial charge in [0.15, 0.2) is 5.69 Å². The van der Waals surface area contributed by atoms with Crippen LogP contribution in [0.4, 0.5) is 5.69 Å². The van der Waals surface area contributed by atoms with E-state index >= 15 is 0 Å². The number of aromatic nitrogens is 2. The third-order valence-corrected chi connectivity index (χ3v) is 7.46. The van der Waals surface area contributed by atoms with Gasteiger partial charge in [-0.2, -0.15) is 0 Å². The number of likely N-dealkylation sites (tertiary alicyclic amines) is 1. The largest absolute Gasteiger partial charge is 0.493 e. The minimum absolute atomic E-state index is 0.0247. The summed E-state index contributed by atoms with van der Waals surface area (Å²) in [5.41, 5.74) is 2.14. The monoisotopic (exact) mass is 509 g/mol. The first-order valence-corrected chi connectivity index (χ1v) is 12.0. The third kappa shape index (κ3) is 4.22. The van der Waals surface area contributed by atoms with Gasteiger partial charge in [0.05, 0.1) is 17.7 Å². The zero-order chi connectivity index (χ0) is 23.4. The number of halogens is 1. The van der Waals surface area contributed by atoms with E-state index in [0.29, 0.717) is 34.8 Å². The van der Waals surface area contributed by atoms with Crippen LogP contribution < -0.4 is 0 Å². The van der Waals surface area contributed by atoms with Gasteiger partial charge in [0, 0.05) is 34.8 Å². The lowest BCUT2D eigenvalue weighted by Gasteiger charge is -2.40. The Morgan fingerprint density at radius 3 is 2.85 bits per heavy atom. The molecule has 1 aliphatic heterocycles. The molecule has 3 aromatic rings. The highest BCUT2D eigenvalue weighted by molar-refractivity contribution is 9.10. The van der Waals surface area contributed by atoms with Gasteiger partial charge in [-0.15, -0.1) is 10.2 Å². The minimum atomic E-state index is -0.498. The smallest absolute Gasteiger partial charge is 0.296 e. The van der Waals surface area contributed by atoms with Crippen LogP contribution in [0.2, 0.25) is 0 Å². The maximum absolute atomic E-state index is 12.4. The van der Waals surface area contributed by atoms with Crippen molar-refractivity contribution in [2.24, 2.45) is 21.1 Å². The number of aromatic hydroxyl groups is 1. The normalized spacial score (nSPS) is 24.7. The molecule has 5 rings (SSSR count). The van der Waals surface area contributed by atoms with Gasteiger partial charge in [-0.3, -0.25) is 19.2 Å². The summed E-state index contributed by atoms with van der Waals surface area (Å²) in [5.74, 6) is -0.474. The molecule has 172 valence electrons. The summed E-state index contributed by atoms with van der Waals surface area (Å²) in [5, 5.41) is 20.0. The van der Waals surface area contributed by atoms with Crippen molar-refractivity contribution in [2.45, 2.75) is 52.7 Å². The van der Waals surface area contributed by atoms with E-state index in [2.05, 4.69) is 56.8 Å². The Morgan fingerprint density at radius 1 is 1.27 bits per heavy atom.